The molecule has 4 rings (SSSR count). The van der Waals surface area contributed by atoms with Crippen molar-refractivity contribution in [3.63, 3.8) is 0 Å². The van der Waals surface area contributed by atoms with E-state index in [1.165, 1.54) is 35.3 Å². The number of benzene rings is 1. The summed E-state index contributed by atoms with van der Waals surface area (Å²) in [4.78, 5) is 22.0. The number of fused-ring (bicyclic) bond motifs is 1. The van der Waals surface area contributed by atoms with Gasteiger partial charge >= 0.3 is 24.0 Å². The maximum atomic E-state index is 12.7. The van der Waals surface area contributed by atoms with Gasteiger partial charge in [0.2, 0.25) is 0 Å². The highest BCUT2D eigenvalue weighted by Crippen LogP contribution is 2.30. The van der Waals surface area contributed by atoms with Crippen molar-refractivity contribution in [3.05, 3.63) is 58.5 Å². The first kappa shape index (κ1) is 21.5. The second-order valence-corrected chi connectivity index (χ2v) is 6.77. The molecule has 3 heterocycles. The van der Waals surface area contributed by atoms with Gasteiger partial charge in [0.05, 0.1) is 18.7 Å². The van der Waals surface area contributed by atoms with Gasteiger partial charge in [-0.3, -0.25) is 4.57 Å². The first-order chi connectivity index (χ1) is 15.3. The fraction of sp³-hybridized carbons (Fsp3) is 0.316. The Balaban J connectivity index is 1.24. The molecular formula is C19H16F3N5O5. The molecule has 1 aliphatic heterocycles. The van der Waals surface area contributed by atoms with Crippen molar-refractivity contribution in [1.29, 1.82) is 0 Å². The number of halogens is 3. The Bertz CT molecular complexity index is 1090. The number of aromatic nitrogens is 4. The summed E-state index contributed by atoms with van der Waals surface area (Å²) in [5, 5.41) is 10.8. The summed E-state index contributed by atoms with van der Waals surface area (Å²) in [5.74, 6) is -0.291. The second-order valence-electron chi connectivity index (χ2n) is 6.77. The van der Waals surface area contributed by atoms with Crippen LogP contribution in [0.1, 0.15) is 5.56 Å². The maximum absolute atomic E-state index is 12.7. The molecule has 1 atom stereocenters. The van der Waals surface area contributed by atoms with Gasteiger partial charge in [-0.1, -0.05) is 12.1 Å². The fourth-order valence-electron chi connectivity index (χ4n) is 3.00. The lowest BCUT2D eigenvalue weighted by molar-refractivity contribution is -0.389. The van der Waals surface area contributed by atoms with Crippen molar-refractivity contribution in [2.45, 2.75) is 18.8 Å². The third kappa shape index (κ3) is 4.94. The number of ether oxygens (including phenoxy) is 3. The van der Waals surface area contributed by atoms with Crippen LogP contribution in [0.2, 0.25) is 0 Å². The minimum Gasteiger partial charge on any atom is -0.461 e. The van der Waals surface area contributed by atoms with Crippen LogP contribution in [-0.2, 0) is 17.5 Å². The Morgan fingerprint density at radius 3 is 2.53 bits per heavy atom. The lowest BCUT2D eigenvalue weighted by atomic mass is 10.1. The molecule has 32 heavy (non-hydrogen) atoms. The lowest BCUT2D eigenvalue weighted by Gasteiger charge is -2.22. The number of rotatable bonds is 7. The standard InChI is InChI=1S/C19H16F3N5O5/c20-19(21,22)14-3-1-12(2-4-14)13-7-23-17(24-8-13)31-6-5-30-15-9-26-10-16(27(28)29)25-18(26)32-11-15/h1-4,7-8,10,15H,5-6,9,11H2/t15-/m0/s1. The molecule has 1 aliphatic rings. The smallest absolute Gasteiger partial charge is 0.416 e. The highest BCUT2D eigenvalue weighted by molar-refractivity contribution is 5.61. The van der Waals surface area contributed by atoms with Gasteiger partial charge in [0, 0.05) is 22.9 Å². The minimum absolute atomic E-state index is 0.0941. The lowest BCUT2D eigenvalue weighted by Crippen LogP contribution is -2.33. The van der Waals surface area contributed by atoms with Crippen LogP contribution in [-0.4, -0.2) is 50.4 Å². The Kier molecular flexibility index (Phi) is 5.90. The number of nitrogens with zero attached hydrogens (tertiary/aromatic N) is 5. The Morgan fingerprint density at radius 1 is 1.16 bits per heavy atom. The SMILES string of the molecule is O=[N+]([O-])c1cn2c(n1)OC[C@@H](OCCOc1ncc(-c3ccc(C(F)(F)F)cc3)cn1)C2. The molecular weight excluding hydrogens is 435 g/mol. The van der Waals surface area contributed by atoms with Crippen LogP contribution < -0.4 is 9.47 Å². The van der Waals surface area contributed by atoms with Gasteiger partial charge in [-0.25, -0.2) is 9.97 Å². The molecule has 0 N–H and O–H groups in total. The molecule has 0 spiro atoms. The number of hydrogen-bond donors (Lipinski definition) is 0. The molecule has 1 aromatic carbocycles. The number of imidazole rings is 1. The Morgan fingerprint density at radius 2 is 1.88 bits per heavy atom. The molecule has 0 unspecified atom stereocenters. The van der Waals surface area contributed by atoms with E-state index in [1.807, 2.05) is 0 Å². The van der Waals surface area contributed by atoms with Crippen LogP contribution in [0.5, 0.6) is 12.0 Å². The summed E-state index contributed by atoms with van der Waals surface area (Å²) >= 11 is 0. The minimum atomic E-state index is -4.39. The maximum Gasteiger partial charge on any atom is 0.416 e. The van der Waals surface area contributed by atoms with E-state index in [4.69, 9.17) is 14.2 Å². The van der Waals surface area contributed by atoms with Gasteiger partial charge in [0.15, 0.2) is 0 Å². The van der Waals surface area contributed by atoms with Gasteiger partial charge in [0.25, 0.3) is 0 Å². The summed E-state index contributed by atoms with van der Waals surface area (Å²) in [7, 11) is 0. The van der Waals surface area contributed by atoms with E-state index in [0.29, 0.717) is 17.7 Å². The number of alkyl halides is 3. The third-order valence-electron chi connectivity index (χ3n) is 4.55. The zero-order valence-electron chi connectivity index (χ0n) is 16.4. The molecule has 0 fully saturated rings. The average molecular weight is 451 g/mol. The zero-order valence-corrected chi connectivity index (χ0v) is 16.4. The summed E-state index contributed by atoms with van der Waals surface area (Å²) in [5.41, 5.74) is 0.365. The summed E-state index contributed by atoms with van der Waals surface area (Å²) in [6.45, 7) is 0.901. The van der Waals surface area contributed by atoms with Crippen molar-refractivity contribution < 1.29 is 32.3 Å². The Labute approximate surface area is 178 Å². The van der Waals surface area contributed by atoms with Crippen LogP contribution in [0.3, 0.4) is 0 Å². The van der Waals surface area contributed by atoms with Crippen LogP contribution in [0.25, 0.3) is 11.1 Å². The molecule has 0 aliphatic carbocycles. The van der Waals surface area contributed by atoms with E-state index in [1.54, 1.807) is 0 Å². The molecule has 168 valence electrons. The van der Waals surface area contributed by atoms with Gasteiger partial charge in [-0.2, -0.15) is 13.2 Å². The molecule has 0 radical (unpaired) electrons. The quantitative estimate of drug-likeness (QED) is 0.306. The van der Waals surface area contributed by atoms with E-state index >= 15 is 0 Å². The van der Waals surface area contributed by atoms with Crippen LogP contribution in [0, 0.1) is 10.1 Å². The van der Waals surface area contributed by atoms with Crippen LogP contribution in [0.15, 0.2) is 42.9 Å². The van der Waals surface area contributed by atoms with Crippen molar-refractivity contribution in [2.75, 3.05) is 19.8 Å². The highest BCUT2D eigenvalue weighted by Gasteiger charge is 2.30. The fourth-order valence-corrected chi connectivity index (χ4v) is 3.00. The molecule has 0 saturated carbocycles. The second kappa shape index (κ2) is 8.78. The van der Waals surface area contributed by atoms with E-state index in [2.05, 4.69) is 15.0 Å². The van der Waals surface area contributed by atoms with Gasteiger partial charge in [0.1, 0.15) is 25.5 Å². The summed E-state index contributed by atoms with van der Waals surface area (Å²) in [6, 6.07) is 4.96. The largest absolute Gasteiger partial charge is 0.461 e. The molecule has 2 aromatic heterocycles. The van der Waals surface area contributed by atoms with E-state index < -0.39 is 16.7 Å². The first-order valence-electron chi connectivity index (χ1n) is 9.38. The van der Waals surface area contributed by atoms with Gasteiger partial charge < -0.3 is 24.3 Å². The number of hydrogen-bond acceptors (Lipinski definition) is 8. The molecule has 0 bridgehead atoms. The van der Waals surface area contributed by atoms with Crippen LogP contribution in [0.4, 0.5) is 19.0 Å². The van der Waals surface area contributed by atoms with E-state index in [0.717, 1.165) is 12.1 Å². The van der Waals surface area contributed by atoms with Crippen LogP contribution >= 0.6 is 0 Å². The normalized spacial score (nSPS) is 15.7. The highest BCUT2D eigenvalue weighted by atomic mass is 19.4. The summed E-state index contributed by atoms with van der Waals surface area (Å²) in [6.07, 6.45) is -0.532. The van der Waals surface area contributed by atoms with Gasteiger partial charge in [-0.15, -0.1) is 0 Å². The molecule has 13 heteroatoms. The molecule has 0 saturated heterocycles. The predicted molar refractivity (Wildman–Crippen MR) is 102 cm³/mol. The summed E-state index contributed by atoms with van der Waals surface area (Å²) < 4.78 is 55.9. The molecule has 3 aromatic rings. The van der Waals surface area contributed by atoms with Crippen molar-refractivity contribution in [2.24, 2.45) is 0 Å². The molecule has 0 amide bonds. The van der Waals surface area contributed by atoms with E-state index in [9.17, 15) is 23.3 Å². The zero-order chi connectivity index (χ0) is 22.7. The monoisotopic (exact) mass is 451 g/mol. The van der Waals surface area contributed by atoms with E-state index in [-0.39, 0.29) is 43.8 Å². The third-order valence-corrected chi connectivity index (χ3v) is 4.55. The topological polar surface area (TPSA) is 114 Å². The first-order valence-corrected chi connectivity index (χ1v) is 9.38. The van der Waals surface area contributed by atoms with Crippen molar-refractivity contribution in [3.8, 4) is 23.1 Å². The van der Waals surface area contributed by atoms with Crippen molar-refractivity contribution >= 4 is 5.82 Å². The van der Waals surface area contributed by atoms with Crippen molar-refractivity contribution in [1.82, 2.24) is 19.5 Å². The predicted octanol–water partition coefficient (Wildman–Crippen LogP) is 3.12. The molecule has 10 nitrogen and oxygen atoms in total. The Hall–Kier alpha value is -3.74. The van der Waals surface area contributed by atoms with Gasteiger partial charge in [-0.05, 0) is 22.6 Å². The number of nitro groups is 1. The average Bonchev–Trinajstić information content (AvgIpc) is 3.21.